The first-order valence-corrected chi connectivity index (χ1v) is 9.08. The van der Waals surface area contributed by atoms with Crippen molar-refractivity contribution in [3.05, 3.63) is 35.4 Å². The highest BCUT2D eigenvalue weighted by Crippen LogP contribution is 2.40. The number of anilines is 1. The lowest BCUT2D eigenvalue weighted by molar-refractivity contribution is -0.126. The molecule has 0 fully saturated rings. The number of carbonyl (C=O) groups is 2. The fourth-order valence-corrected chi connectivity index (χ4v) is 2.70. The van der Waals surface area contributed by atoms with Gasteiger partial charge in [-0.2, -0.15) is 10.2 Å². The molecule has 0 spiro atoms. The number of Topliss-reactive ketones (excluding diaryl/α,β-unsaturated/α-hetero) is 1. The number of amides is 1. The Bertz CT molecular complexity index is 942. The molecule has 30 heavy (non-hydrogen) atoms. The van der Waals surface area contributed by atoms with Crippen LogP contribution in [0.15, 0.2) is 40.6 Å². The molecule has 1 atom stereocenters. The Morgan fingerprint density at radius 1 is 0.967 bits per heavy atom. The van der Waals surface area contributed by atoms with Crippen molar-refractivity contribution in [3.63, 3.8) is 0 Å². The number of hydrogen-bond donors (Lipinski definition) is 1. The van der Waals surface area contributed by atoms with Gasteiger partial charge in [0.1, 0.15) is 17.2 Å². The topological polar surface area (TPSA) is 108 Å². The van der Waals surface area contributed by atoms with Gasteiger partial charge in [-0.05, 0) is 19.1 Å². The molecule has 10 heteroatoms. The predicted octanol–water partition coefficient (Wildman–Crippen LogP) is 4.05. The van der Waals surface area contributed by atoms with Crippen molar-refractivity contribution >= 4 is 34.7 Å². The molecular weight excluding hydrogens is 414 g/mol. The summed E-state index contributed by atoms with van der Waals surface area (Å²) < 4.78 is 20.8. The number of carbonyl (C=O) groups excluding carboxylic acids is 2. The van der Waals surface area contributed by atoms with E-state index in [1.807, 2.05) is 0 Å². The van der Waals surface area contributed by atoms with Crippen LogP contribution in [0.3, 0.4) is 0 Å². The monoisotopic (exact) mass is 435 g/mol. The molecule has 0 heterocycles. The standard InChI is InChI=1S/C20H22ClN3O6/c1-11(25)17(24-23-12-8-13(27-2)10-14(9-12)28-3)20(26)22-18-15(21)6-7-16(29-4)19(18)30-5/h6-10,17H,1-5H3,(H,22,26). The molecule has 160 valence electrons. The van der Waals surface area contributed by atoms with Crippen molar-refractivity contribution in [2.75, 3.05) is 33.8 Å². The number of nitrogens with zero attached hydrogens (tertiary/aromatic N) is 2. The van der Waals surface area contributed by atoms with Gasteiger partial charge in [-0.15, -0.1) is 0 Å². The van der Waals surface area contributed by atoms with Crippen LogP contribution in [0.1, 0.15) is 6.92 Å². The van der Waals surface area contributed by atoms with Crippen LogP contribution in [0.4, 0.5) is 11.4 Å². The zero-order valence-corrected chi connectivity index (χ0v) is 17.9. The summed E-state index contributed by atoms with van der Waals surface area (Å²) in [5.74, 6) is 0.315. The van der Waals surface area contributed by atoms with Gasteiger partial charge < -0.3 is 24.3 Å². The normalized spacial score (nSPS) is 11.7. The quantitative estimate of drug-likeness (QED) is 0.470. The van der Waals surface area contributed by atoms with Crippen LogP contribution < -0.4 is 24.3 Å². The molecule has 2 rings (SSSR count). The Morgan fingerprint density at radius 2 is 1.60 bits per heavy atom. The first-order chi connectivity index (χ1) is 14.3. The maximum absolute atomic E-state index is 12.8. The molecule has 1 unspecified atom stereocenters. The van der Waals surface area contributed by atoms with Gasteiger partial charge in [0.05, 0.1) is 39.1 Å². The van der Waals surface area contributed by atoms with Crippen LogP contribution in [-0.2, 0) is 9.59 Å². The molecule has 0 aromatic heterocycles. The number of halogens is 1. The van der Waals surface area contributed by atoms with E-state index >= 15 is 0 Å². The molecule has 9 nitrogen and oxygen atoms in total. The number of ether oxygens (including phenoxy) is 4. The SMILES string of the molecule is COc1cc(N=NC(C(C)=O)C(=O)Nc2c(Cl)ccc(OC)c2OC)cc(OC)c1. The number of ketones is 1. The second-order valence-electron chi connectivity index (χ2n) is 5.95. The van der Waals surface area contributed by atoms with Crippen molar-refractivity contribution in [3.8, 4) is 23.0 Å². The minimum atomic E-state index is -1.41. The number of nitrogens with one attached hydrogen (secondary N) is 1. The van der Waals surface area contributed by atoms with E-state index in [2.05, 4.69) is 15.5 Å². The number of rotatable bonds is 9. The Kier molecular flexibility index (Phi) is 7.99. The Balaban J connectivity index is 2.33. The largest absolute Gasteiger partial charge is 0.497 e. The fourth-order valence-electron chi connectivity index (χ4n) is 2.50. The minimum Gasteiger partial charge on any atom is -0.497 e. The molecule has 2 aromatic carbocycles. The molecule has 0 bridgehead atoms. The lowest BCUT2D eigenvalue weighted by atomic mass is 10.2. The number of benzene rings is 2. The minimum absolute atomic E-state index is 0.160. The van der Waals surface area contributed by atoms with Gasteiger partial charge in [-0.1, -0.05) is 11.6 Å². The van der Waals surface area contributed by atoms with Gasteiger partial charge in [0.15, 0.2) is 17.3 Å². The van der Waals surface area contributed by atoms with Crippen molar-refractivity contribution in [2.45, 2.75) is 13.0 Å². The van der Waals surface area contributed by atoms with Gasteiger partial charge in [0.25, 0.3) is 5.91 Å². The lowest BCUT2D eigenvalue weighted by Gasteiger charge is -2.16. The summed E-state index contributed by atoms with van der Waals surface area (Å²) in [4.78, 5) is 24.8. The first kappa shape index (κ1) is 23.0. The molecule has 0 aliphatic rings. The van der Waals surface area contributed by atoms with Gasteiger partial charge in [0.2, 0.25) is 6.04 Å². The summed E-state index contributed by atoms with van der Waals surface area (Å²) in [6.45, 7) is 1.24. The Labute approximate surface area is 178 Å². The van der Waals surface area contributed by atoms with E-state index in [0.717, 1.165) is 0 Å². The molecule has 0 radical (unpaired) electrons. The fraction of sp³-hybridized carbons (Fsp3) is 0.300. The first-order valence-electron chi connectivity index (χ1n) is 8.70. The van der Waals surface area contributed by atoms with E-state index in [4.69, 9.17) is 30.5 Å². The maximum atomic E-state index is 12.8. The summed E-state index contributed by atoms with van der Waals surface area (Å²) in [5, 5.41) is 10.7. The average Bonchev–Trinajstić information content (AvgIpc) is 2.74. The predicted molar refractivity (Wildman–Crippen MR) is 112 cm³/mol. The molecule has 0 saturated heterocycles. The van der Waals surface area contributed by atoms with Crippen molar-refractivity contribution in [2.24, 2.45) is 10.2 Å². The van der Waals surface area contributed by atoms with E-state index < -0.39 is 17.7 Å². The number of hydrogen-bond acceptors (Lipinski definition) is 8. The second-order valence-corrected chi connectivity index (χ2v) is 6.35. The molecule has 1 N–H and O–H groups in total. The number of azo groups is 1. The van der Waals surface area contributed by atoms with E-state index in [1.54, 1.807) is 24.3 Å². The third-order valence-corrected chi connectivity index (χ3v) is 4.32. The summed E-state index contributed by atoms with van der Waals surface area (Å²) in [6, 6.07) is 6.55. The zero-order chi connectivity index (χ0) is 22.3. The highest BCUT2D eigenvalue weighted by molar-refractivity contribution is 6.34. The van der Waals surface area contributed by atoms with E-state index in [-0.39, 0.29) is 16.5 Å². The number of methoxy groups -OCH3 is 4. The van der Waals surface area contributed by atoms with Gasteiger partial charge in [-0.3, -0.25) is 9.59 Å². The van der Waals surface area contributed by atoms with Crippen LogP contribution in [0.25, 0.3) is 0 Å². The van der Waals surface area contributed by atoms with E-state index in [9.17, 15) is 9.59 Å². The molecule has 0 saturated carbocycles. The van der Waals surface area contributed by atoms with Crippen molar-refractivity contribution in [1.29, 1.82) is 0 Å². The lowest BCUT2D eigenvalue weighted by Crippen LogP contribution is -2.32. The van der Waals surface area contributed by atoms with Crippen LogP contribution in [0.2, 0.25) is 5.02 Å². The molecule has 2 aromatic rings. The Morgan fingerprint density at radius 3 is 2.10 bits per heavy atom. The highest BCUT2D eigenvalue weighted by atomic mass is 35.5. The van der Waals surface area contributed by atoms with Crippen LogP contribution in [0.5, 0.6) is 23.0 Å². The highest BCUT2D eigenvalue weighted by Gasteiger charge is 2.26. The molecular formula is C20H22ClN3O6. The average molecular weight is 436 g/mol. The van der Waals surface area contributed by atoms with Crippen LogP contribution in [-0.4, -0.2) is 46.2 Å². The van der Waals surface area contributed by atoms with E-state index in [0.29, 0.717) is 22.9 Å². The smallest absolute Gasteiger partial charge is 0.258 e. The third kappa shape index (κ3) is 5.38. The van der Waals surface area contributed by atoms with Crippen LogP contribution >= 0.6 is 11.6 Å². The van der Waals surface area contributed by atoms with Gasteiger partial charge in [0, 0.05) is 18.2 Å². The summed E-state index contributed by atoms with van der Waals surface area (Å²) in [5.41, 5.74) is 0.509. The zero-order valence-electron chi connectivity index (χ0n) is 17.2. The molecule has 1 amide bonds. The van der Waals surface area contributed by atoms with Crippen molar-refractivity contribution in [1.82, 2.24) is 0 Å². The third-order valence-electron chi connectivity index (χ3n) is 4.00. The summed E-state index contributed by atoms with van der Waals surface area (Å²) in [6.07, 6.45) is 0. The Hall–Kier alpha value is -3.33. The van der Waals surface area contributed by atoms with Crippen molar-refractivity contribution < 1.29 is 28.5 Å². The summed E-state index contributed by atoms with van der Waals surface area (Å²) in [7, 11) is 5.84. The summed E-state index contributed by atoms with van der Waals surface area (Å²) >= 11 is 6.19. The van der Waals surface area contributed by atoms with Crippen LogP contribution in [0, 0.1) is 0 Å². The molecule has 0 aliphatic carbocycles. The second kappa shape index (κ2) is 10.4. The van der Waals surface area contributed by atoms with E-state index in [1.165, 1.54) is 41.4 Å². The molecule has 0 aliphatic heterocycles. The maximum Gasteiger partial charge on any atom is 0.258 e. The van der Waals surface area contributed by atoms with Gasteiger partial charge in [-0.25, -0.2) is 0 Å². The van der Waals surface area contributed by atoms with Gasteiger partial charge >= 0.3 is 0 Å².